The zero-order valence-electron chi connectivity index (χ0n) is 11.3. The molecular formula is C15H20O3. The molecule has 3 heteroatoms. The van der Waals surface area contributed by atoms with Crippen molar-refractivity contribution < 1.29 is 14.3 Å². The lowest BCUT2D eigenvalue weighted by Crippen LogP contribution is -2.10. The molecule has 0 heterocycles. The Balaban J connectivity index is 2.56. The highest BCUT2D eigenvalue weighted by molar-refractivity contribution is 5.79. The van der Waals surface area contributed by atoms with E-state index in [1.807, 2.05) is 6.07 Å². The number of hydrogen-bond donors (Lipinski definition) is 0. The zero-order valence-corrected chi connectivity index (χ0v) is 11.3. The summed E-state index contributed by atoms with van der Waals surface area (Å²) in [6.45, 7) is 1.60. The first-order chi connectivity index (χ1) is 8.67. The molecule has 2 rings (SSSR count). The molecule has 1 aliphatic carbocycles. The fourth-order valence-corrected chi connectivity index (χ4v) is 2.77. The quantitative estimate of drug-likeness (QED) is 0.822. The molecule has 0 atom stereocenters. The molecule has 0 fully saturated rings. The SMILES string of the molecule is COc1cc(CC(C)=O)c(OC)c2c1CCCC2. The van der Waals surface area contributed by atoms with E-state index in [9.17, 15) is 4.79 Å². The fraction of sp³-hybridized carbons (Fsp3) is 0.533. The van der Waals surface area contributed by atoms with Gasteiger partial charge in [-0.25, -0.2) is 0 Å². The fourth-order valence-electron chi connectivity index (χ4n) is 2.77. The standard InChI is InChI=1S/C15H20O3/c1-10(16)8-11-9-14(17-2)12-6-4-5-7-13(12)15(11)18-3/h9H,4-8H2,1-3H3. The second kappa shape index (κ2) is 5.42. The topological polar surface area (TPSA) is 35.5 Å². The van der Waals surface area contributed by atoms with Gasteiger partial charge >= 0.3 is 0 Å². The lowest BCUT2D eigenvalue weighted by Gasteiger charge is -2.23. The summed E-state index contributed by atoms with van der Waals surface area (Å²) in [6, 6.07) is 1.96. The Morgan fingerprint density at radius 1 is 1.17 bits per heavy atom. The van der Waals surface area contributed by atoms with Gasteiger partial charge < -0.3 is 9.47 Å². The van der Waals surface area contributed by atoms with Crippen LogP contribution < -0.4 is 9.47 Å². The lowest BCUT2D eigenvalue weighted by molar-refractivity contribution is -0.116. The van der Waals surface area contributed by atoms with E-state index in [-0.39, 0.29) is 5.78 Å². The lowest BCUT2D eigenvalue weighted by atomic mass is 9.87. The monoisotopic (exact) mass is 248 g/mol. The summed E-state index contributed by atoms with van der Waals surface area (Å²) in [5.74, 6) is 1.94. The molecule has 1 aromatic rings. The van der Waals surface area contributed by atoms with E-state index in [1.54, 1.807) is 21.1 Å². The highest BCUT2D eigenvalue weighted by Crippen LogP contribution is 2.39. The van der Waals surface area contributed by atoms with Gasteiger partial charge in [0.05, 0.1) is 14.2 Å². The van der Waals surface area contributed by atoms with Gasteiger partial charge in [0.1, 0.15) is 17.3 Å². The number of carbonyl (C=O) groups excluding carboxylic acids is 1. The average molecular weight is 248 g/mol. The summed E-state index contributed by atoms with van der Waals surface area (Å²) >= 11 is 0. The first-order valence-corrected chi connectivity index (χ1v) is 6.42. The Kier molecular flexibility index (Phi) is 3.90. The van der Waals surface area contributed by atoms with Gasteiger partial charge in [0.15, 0.2) is 0 Å². The van der Waals surface area contributed by atoms with Crippen LogP contribution in [0.25, 0.3) is 0 Å². The van der Waals surface area contributed by atoms with Crippen LogP contribution in [-0.2, 0) is 24.1 Å². The van der Waals surface area contributed by atoms with Crippen LogP contribution in [0.15, 0.2) is 6.07 Å². The van der Waals surface area contributed by atoms with E-state index < -0.39 is 0 Å². The number of hydrogen-bond acceptors (Lipinski definition) is 3. The van der Waals surface area contributed by atoms with Crippen molar-refractivity contribution in [1.29, 1.82) is 0 Å². The van der Waals surface area contributed by atoms with Crippen molar-refractivity contribution in [3.05, 3.63) is 22.8 Å². The van der Waals surface area contributed by atoms with Gasteiger partial charge in [0, 0.05) is 23.1 Å². The number of ketones is 1. The van der Waals surface area contributed by atoms with E-state index in [0.717, 1.165) is 29.9 Å². The van der Waals surface area contributed by atoms with E-state index in [1.165, 1.54) is 24.0 Å². The summed E-state index contributed by atoms with van der Waals surface area (Å²) in [4.78, 5) is 11.4. The summed E-state index contributed by atoms with van der Waals surface area (Å²) in [5.41, 5.74) is 3.44. The van der Waals surface area contributed by atoms with Crippen LogP contribution in [0.2, 0.25) is 0 Å². The van der Waals surface area contributed by atoms with E-state index in [0.29, 0.717) is 6.42 Å². The molecule has 18 heavy (non-hydrogen) atoms. The summed E-state index contributed by atoms with van der Waals surface area (Å²) in [6.07, 6.45) is 4.83. The largest absolute Gasteiger partial charge is 0.496 e. The molecule has 0 saturated carbocycles. The van der Waals surface area contributed by atoms with E-state index in [4.69, 9.17) is 9.47 Å². The van der Waals surface area contributed by atoms with Crippen LogP contribution in [0.1, 0.15) is 36.5 Å². The highest BCUT2D eigenvalue weighted by Gasteiger charge is 2.22. The molecule has 0 aromatic heterocycles. The number of rotatable bonds is 4. The first-order valence-electron chi connectivity index (χ1n) is 6.42. The van der Waals surface area contributed by atoms with Crippen LogP contribution in [0, 0.1) is 0 Å². The van der Waals surface area contributed by atoms with Crippen molar-refractivity contribution in [2.45, 2.75) is 39.0 Å². The molecule has 98 valence electrons. The smallest absolute Gasteiger partial charge is 0.134 e. The Morgan fingerprint density at radius 3 is 2.39 bits per heavy atom. The normalized spacial score (nSPS) is 13.9. The number of fused-ring (bicyclic) bond motifs is 1. The van der Waals surface area contributed by atoms with Gasteiger partial charge in [-0.05, 0) is 38.7 Å². The Labute approximate surface area is 108 Å². The van der Waals surface area contributed by atoms with Crippen LogP contribution >= 0.6 is 0 Å². The third kappa shape index (κ3) is 2.35. The van der Waals surface area contributed by atoms with Crippen molar-refractivity contribution in [3.8, 4) is 11.5 Å². The van der Waals surface area contributed by atoms with Gasteiger partial charge in [-0.3, -0.25) is 4.79 Å². The number of benzene rings is 1. The Hall–Kier alpha value is -1.51. The molecule has 3 nitrogen and oxygen atoms in total. The molecule has 1 aromatic carbocycles. The maximum Gasteiger partial charge on any atom is 0.134 e. The third-order valence-electron chi connectivity index (χ3n) is 3.50. The van der Waals surface area contributed by atoms with Crippen LogP contribution in [0.5, 0.6) is 11.5 Å². The summed E-state index contributed by atoms with van der Waals surface area (Å²) < 4.78 is 11.0. The molecule has 0 saturated heterocycles. The van der Waals surface area contributed by atoms with Crippen molar-refractivity contribution in [2.24, 2.45) is 0 Å². The van der Waals surface area contributed by atoms with Crippen LogP contribution in [-0.4, -0.2) is 20.0 Å². The second-order valence-corrected chi connectivity index (χ2v) is 4.81. The minimum atomic E-state index is 0.145. The minimum Gasteiger partial charge on any atom is -0.496 e. The average Bonchev–Trinajstić information content (AvgIpc) is 2.37. The number of carbonyl (C=O) groups is 1. The van der Waals surface area contributed by atoms with Crippen molar-refractivity contribution in [3.63, 3.8) is 0 Å². The zero-order chi connectivity index (χ0) is 13.1. The van der Waals surface area contributed by atoms with Crippen molar-refractivity contribution >= 4 is 5.78 Å². The molecule has 0 N–H and O–H groups in total. The Morgan fingerprint density at radius 2 is 1.83 bits per heavy atom. The molecular weight excluding hydrogens is 228 g/mol. The predicted molar refractivity (Wildman–Crippen MR) is 70.6 cm³/mol. The predicted octanol–water partition coefficient (Wildman–Crippen LogP) is 2.71. The molecule has 0 spiro atoms. The van der Waals surface area contributed by atoms with Crippen molar-refractivity contribution in [1.82, 2.24) is 0 Å². The van der Waals surface area contributed by atoms with Gasteiger partial charge in [0.25, 0.3) is 0 Å². The Bertz CT molecular complexity index is 463. The van der Waals surface area contributed by atoms with Gasteiger partial charge in [-0.1, -0.05) is 0 Å². The van der Waals surface area contributed by atoms with Gasteiger partial charge in [-0.15, -0.1) is 0 Å². The molecule has 1 aliphatic rings. The minimum absolute atomic E-state index is 0.145. The van der Waals surface area contributed by atoms with Crippen LogP contribution in [0.4, 0.5) is 0 Å². The summed E-state index contributed by atoms with van der Waals surface area (Å²) in [5, 5.41) is 0. The molecule has 0 aliphatic heterocycles. The van der Waals surface area contributed by atoms with Gasteiger partial charge in [-0.2, -0.15) is 0 Å². The first kappa shape index (κ1) is 12.9. The van der Waals surface area contributed by atoms with Crippen molar-refractivity contribution in [2.75, 3.05) is 14.2 Å². The van der Waals surface area contributed by atoms with Gasteiger partial charge in [0.2, 0.25) is 0 Å². The molecule has 0 amide bonds. The number of ether oxygens (including phenoxy) is 2. The second-order valence-electron chi connectivity index (χ2n) is 4.81. The third-order valence-corrected chi connectivity index (χ3v) is 3.50. The highest BCUT2D eigenvalue weighted by atomic mass is 16.5. The maximum absolute atomic E-state index is 11.4. The van der Waals surface area contributed by atoms with E-state index >= 15 is 0 Å². The molecule has 0 unspecified atom stereocenters. The maximum atomic E-state index is 11.4. The molecule has 0 radical (unpaired) electrons. The molecule has 0 bridgehead atoms. The number of Topliss-reactive ketones (excluding diaryl/α,β-unsaturated/α-hetero) is 1. The van der Waals surface area contributed by atoms with E-state index in [2.05, 4.69) is 0 Å². The van der Waals surface area contributed by atoms with Crippen LogP contribution in [0.3, 0.4) is 0 Å². The summed E-state index contributed by atoms with van der Waals surface area (Å²) in [7, 11) is 3.37. The number of methoxy groups -OCH3 is 2.